The molecule has 38 heavy (non-hydrogen) atoms. The number of carbonyl (C=O) groups is 1. The largest absolute Gasteiger partial charge is 0.497 e. The van der Waals surface area contributed by atoms with E-state index in [1.165, 1.54) is 6.07 Å². The summed E-state index contributed by atoms with van der Waals surface area (Å²) in [6.07, 6.45) is -0.240. The fourth-order valence-corrected chi connectivity index (χ4v) is 4.38. The van der Waals surface area contributed by atoms with Crippen LogP contribution in [0.25, 0.3) is 11.4 Å². The molecular weight excluding hydrogens is 494 g/mol. The maximum Gasteiger partial charge on any atom is 0.260 e. The summed E-state index contributed by atoms with van der Waals surface area (Å²) in [4.78, 5) is 24.1. The molecule has 8 nitrogen and oxygen atoms in total. The normalized spacial score (nSPS) is 14.4. The van der Waals surface area contributed by atoms with Gasteiger partial charge < -0.3 is 24.4 Å². The average Bonchev–Trinajstić information content (AvgIpc) is 3.18. The lowest BCUT2D eigenvalue weighted by molar-refractivity contribution is 0.0112. The van der Waals surface area contributed by atoms with Gasteiger partial charge in [0.2, 0.25) is 0 Å². The number of aromatic nitrogens is 2. The van der Waals surface area contributed by atoms with Crippen molar-refractivity contribution in [1.29, 1.82) is 0 Å². The molecule has 1 N–H and O–H groups in total. The maximum absolute atomic E-state index is 14.7. The summed E-state index contributed by atoms with van der Waals surface area (Å²) in [5.41, 5.74) is 1.06. The Morgan fingerprint density at radius 3 is 2.34 bits per heavy atom. The lowest BCUT2D eigenvalue weighted by Crippen LogP contribution is -2.33. The van der Waals surface area contributed by atoms with Gasteiger partial charge in [-0.3, -0.25) is 4.79 Å². The number of carbonyl (C=O) groups excluding carboxylic acids is 1. The zero-order valence-corrected chi connectivity index (χ0v) is 22.3. The predicted molar refractivity (Wildman–Crippen MR) is 139 cm³/mol. The summed E-state index contributed by atoms with van der Waals surface area (Å²) in [6, 6.07) is 8.67. The number of nitrogens with zero attached hydrogens (tertiary/aromatic N) is 3. The summed E-state index contributed by atoms with van der Waals surface area (Å²) < 4.78 is 46.0. The SMILES string of the molecule is COc1ccc(CN2Cc3nc(-c4c(F)cccc4F)nc(N[C@@H](C)C(C)OC(C)C)c3C2=O)c(OC)c1. The van der Waals surface area contributed by atoms with Crippen molar-refractivity contribution in [2.75, 3.05) is 19.5 Å². The molecule has 4 rings (SSSR count). The van der Waals surface area contributed by atoms with Crippen molar-refractivity contribution >= 4 is 11.7 Å². The van der Waals surface area contributed by atoms with Crippen LogP contribution in [0.15, 0.2) is 36.4 Å². The monoisotopic (exact) mass is 526 g/mol. The van der Waals surface area contributed by atoms with Crippen molar-refractivity contribution < 1.29 is 27.8 Å². The Morgan fingerprint density at radius 1 is 1.00 bits per heavy atom. The van der Waals surface area contributed by atoms with E-state index in [-0.39, 0.29) is 60.0 Å². The van der Waals surface area contributed by atoms with E-state index in [9.17, 15) is 13.6 Å². The lowest BCUT2D eigenvalue weighted by atomic mass is 10.1. The number of anilines is 1. The van der Waals surface area contributed by atoms with E-state index in [2.05, 4.69) is 15.3 Å². The van der Waals surface area contributed by atoms with Gasteiger partial charge in [-0.25, -0.2) is 18.7 Å². The van der Waals surface area contributed by atoms with Crippen LogP contribution in [-0.4, -0.2) is 53.2 Å². The lowest BCUT2D eigenvalue weighted by Gasteiger charge is -2.25. The number of halogens is 2. The van der Waals surface area contributed by atoms with E-state index < -0.39 is 11.6 Å². The number of hydrogen-bond acceptors (Lipinski definition) is 7. The second-order valence-corrected chi connectivity index (χ2v) is 9.48. The van der Waals surface area contributed by atoms with Crippen LogP contribution >= 0.6 is 0 Å². The number of fused-ring (bicyclic) bond motifs is 1. The molecule has 2 aromatic carbocycles. The van der Waals surface area contributed by atoms with Crippen LogP contribution < -0.4 is 14.8 Å². The van der Waals surface area contributed by atoms with E-state index in [0.29, 0.717) is 17.2 Å². The van der Waals surface area contributed by atoms with Crippen molar-refractivity contribution in [2.24, 2.45) is 0 Å². The third-order valence-corrected chi connectivity index (χ3v) is 6.42. The van der Waals surface area contributed by atoms with Gasteiger partial charge in [0.25, 0.3) is 5.91 Å². The second kappa shape index (κ2) is 11.3. The third kappa shape index (κ3) is 5.55. The Morgan fingerprint density at radius 2 is 1.71 bits per heavy atom. The van der Waals surface area contributed by atoms with E-state index in [0.717, 1.165) is 17.7 Å². The molecule has 0 spiro atoms. The first-order valence-electron chi connectivity index (χ1n) is 12.4. The van der Waals surface area contributed by atoms with Crippen molar-refractivity contribution in [3.8, 4) is 22.9 Å². The number of nitrogens with one attached hydrogen (secondary N) is 1. The minimum absolute atomic E-state index is 0.00923. The summed E-state index contributed by atoms with van der Waals surface area (Å²) in [6.45, 7) is 8.02. The smallest absolute Gasteiger partial charge is 0.260 e. The predicted octanol–water partition coefficient (Wildman–Crippen LogP) is 5.21. The molecule has 1 aliphatic rings. The zero-order chi connectivity index (χ0) is 27.6. The van der Waals surface area contributed by atoms with Gasteiger partial charge in [0, 0.05) is 11.6 Å². The van der Waals surface area contributed by atoms with Crippen molar-refractivity contribution in [3.63, 3.8) is 0 Å². The van der Waals surface area contributed by atoms with Gasteiger partial charge >= 0.3 is 0 Å². The molecule has 3 aromatic rings. The zero-order valence-electron chi connectivity index (χ0n) is 22.3. The standard InChI is InChI=1S/C28H32F2N4O4/c1-15(2)38-17(4)16(3)31-27-25-22(32-26(33-27)24-20(29)8-7-9-21(24)30)14-34(28(25)35)13-18-10-11-19(36-5)12-23(18)37-6/h7-12,15-17H,13-14H2,1-6H3,(H,31,32,33)/t16-,17?/m0/s1. The molecule has 0 fully saturated rings. The van der Waals surface area contributed by atoms with Gasteiger partial charge in [-0.2, -0.15) is 0 Å². The van der Waals surface area contributed by atoms with Crippen LogP contribution in [-0.2, 0) is 17.8 Å². The molecule has 0 radical (unpaired) electrons. The van der Waals surface area contributed by atoms with Crippen molar-refractivity contribution in [1.82, 2.24) is 14.9 Å². The third-order valence-electron chi connectivity index (χ3n) is 6.42. The first-order chi connectivity index (χ1) is 18.1. The quantitative estimate of drug-likeness (QED) is 0.388. The Bertz CT molecular complexity index is 1310. The molecule has 1 aromatic heterocycles. The number of methoxy groups -OCH3 is 2. The number of amides is 1. The minimum Gasteiger partial charge on any atom is -0.497 e. The molecule has 2 heterocycles. The van der Waals surface area contributed by atoms with Gasteiger partial charge in [-0.05, 0) is 52.0 Å². The number of hydrogen-bond donors (Lipinski definition) is 1. The van der Waals surface area contributed by atoms with Gasteiger partial charge in [0.15, 0.2) is 5.82 Å². The highest BCUT2D eigenvalue weighted by Gasteiger charge is 2.35. The van der Waals surface area contributed by atoms with E-state index in [4.69, 9.17) is 14.2 Å². The molecule has 2 atom stereocenters. The highest BCUT2D eigenvalue weighted by Crippen LogP contribution is 2.34. The van der Waals surface area contributed by atoms with Crippen LogP contribution in [0.2, 0.25) is 0 Å². The van der Waals surface area contributed by atoms with Gasteiger partial charge in [-0.15, -0.1) is 0 Å². The molecule has 0 saturated carbocycles. The topological polar surface area (TPSA) is 85.8 Å². The van der Waals surface area contributed by atoms with Crippen molar-refractivity contribution in [2.45, 2.75) is 59.0 Å². The van der Waals surface area contributed by atoms with Gasteiger partial charge in [-0.1, -0.05) is 6.07 Å². The summed E-state index contributed by atoms with van der Waals surface area (Å²) in [7, 11) is 3.11. The van der Waals surface area contributed by atoms with E-state index >= 15 is 0 Å². The summed E-state index contributed by atoms with van der Waals surface area (Å²) >= 11 is 0. The van der Waals surface area contributed by atoms with Crippen molar-refractivity contribution in [3.05, 3.63) is 64.9 Å². The van der Waals surface area contributed by atoms with Crippen LogP contribution in [0.3, 0.4) is 0 Å². The Kier molecular flexibility index (Phi) is 8.11. The molecule has 0 bridgehead atoms. The van der Waals surface area contributed by atoms with E-state index in [1.807, 2.05) is 33.8 Å². The molecular formula is C28H32F2N4O4. The first kappa shape index (κ1) is 27.3. The van der Waals surface area contributed by atoms with E-state index in [1.54, 1.807) is 31.3 Å². The maximum atomic E-state index is 14.7. The van der Waals surface area contributed by atoms with Gasteiger partial charge in [0.05, 0.1) is 56.8 Å². The van der Waals surface area contributed by atoms with Crippen LogP contribution in [0.5, 0.6) is 11.5 Å². The molecule has 10 heteroatoms. The fourth-order valence-electron chi connectivity index (χ4n) is 4.38. The molecule has 1 unspecified atom stereocenters. The minimum atomic E-state index is -0.787. The average molecular weight is 527 g/mol. The molecule has 1 aliphatic heterocycles. The number of rotatable bonds is 10. The first-order valence-corrected chi connectivity index (χ1v) is 12.4. The van der Waals surface area contributed by atoms with Crippen LogP contribution in [0.1, 0.15) is 49.3 Å². The number of ether oxygens (including phenoxy) is 3. The van der Waals surface area contributed by atoms with Crippen LogP contribution in [0.4, 0.5) is 14.6 Å². The molecule has 0 aliphatic carbocycles. The Labute approximate surface area is 221 Å². The van der Waals surface area contributed by atoms with Crippen LogP contribution in [0, 0.1) is 11.6 Å². The molecule has 0 saturated heterocycles. The number of benzene rings is 2. The molecule has 202 valence electrons. The fraction of sp³-hybridized carbons (Fsp3) is 0.393. The summed E-state index contributed by atoms with van der Waals surface area (Å²) in [5.74, 6) is -0.612. The van der Waals surface area contributed by atoms with Gasteiger partial charge in [0.1, 0.15) is 34.5 Å². The highest BCUT2D eigenvalue weighted by molar-refractivity contribution is 6.02. The Balaban J connectivity index is 1.74. The molecule has 1 amide bonds. The highest BCUT2D eigenvalue weighted by atomic mass is 19.1. The summed E-state index contributed by atoms with van der Waals surface area (Å²) in [5, 5.41) is 3.24. The Hall–Kier alpha value is -3.79. The second-order valence-electron chi connectivity index (χ2n) is 9.48.